The van der Waals surface area contributed by atoms with Gasteiger partial charge in [0.2, 0.25) is 0 Å². The van der Waals surface area contributed by atoms with Crippen LogP contribution in [-0.4, -0.2) is 11.6 Å². The minimum Gasteiger partial charge on any atom is -0.456 e. The molecule has 0 N–H and O–H groups in total. The summed E-state index contributed by atoms with van der Waals surface area (Å²) in [6.45, 7) is 8.90. The van der Waals surface area contributed by atoms with Crippen LogP contribution in [0.3, 0.4) is 0 Å². The van der Waals surface area contributed by atoms with Crippen LogP contribution < -0.4 is 0 Å². The van der Waals surface area contributed by atoms with Gasteiger partial charge in [-0.3, -0.25) is 0 Å². The van der Waals surface area contributed by atoms with Crippen LogP contribution in [0.1, 0.15) is 84.5 Å². The average Bonchev–Trinajstić information content (AvgIpc) is 2.49. The lowest BCUT2D eigenvalue weighted by molar-refractivity contribution is -0.267. The van der Waals surface area contributed by atoms with E-state index in [2.05, 4.69) is 20.4 Å². The molecule has 0 spiro atoms. The zero-order valence-electron chi connectivity index (χ0n) is 17.3. The van der Waals surface area contributed by atoms with Gasteiger partial charge in [-0.15, -0.1) is 0 Å². The standard InChI is InChI=1S/C25H36O2/c1-4-20(26)27-25-11-16-5-17(12-25)7-19(6-16)21(25)24-10-18-8-22(2,14-24)13-23(3,9-18)15-24/h4,16-19,21H,1,5-15H2,2-3H3. The smallest absolute Gasteiger partial charge is 0.330 e. The molecule has 0 amide bonds. The Balaban J connectivity index is 1.45. The molecule has 148 valence electrons. The third-order valence-corrected chi connectivity index (χ3v) is 10.0. The Morgan fingerprint density at radius 1 is 0.889 bits per heavy atom. The second-order valence-corrected chi connectivity index (χ2v) is 12.8. The largest absolute Gasteiger partial charge is 0.456 e. The summed E-state index contributed by atoms with van der Waals surface area (Å²) in [4.78, 5) is 12.5. The van der Waals surface area contributed by atoms with Gasteiger partial charge in [0.15, 0.2) is 0 Å². The molecular weight excluding hydrogens is 332 g/mol. The number of hydrogen-bond acceptors (Lipinski definition) is 2. The first kappa shape index (κ1) is 17.1. The Morgan fingerprint density at radius 3 is 2.07 bits per heavy atom. The molecule has 0 aliphatic heterocycles. The summed E-state index contributed by atoms with van der Waals surface area (Å²) in [6.07, 6.45) is 16.5. The molecule has 8 aliphatic rings. The maximum atomic E-state index is 12.5. The van der Waals surface area contributed by atoms with Gasteiger partial charge in [0.1, 0.15) is 5.60 Å². The molecule has 8 aliphatic carbocycles. The molecule has 0 aromatic rings. The number of carbonyl (C=O) groups excluding carboxylic acids is 1. The predicted octanol–water partition coefficient (Wildman–Crippen LogP) is 5.91. The third-order valence-electron chi connectivity index (χ3n) is 10.0. The van der Waals surface area contributed by atoms with Gasteiger partial charge < -0.3 is 4.74 Å². The summed E-state index contributed by atoms with van der Waals surface area (Å²) in [5.74, 6) is 3.78. The van der Waals surface area contributed by atoms with E-state index in [1.54, 1.807) is 0 Å². The van der Waals surface area contributed by atoms with E-state index in [4.69, 9.17) is 4.74 Å². The summed E-state index contributed by atoms with van der Waals surface area (Å²) >= 11 is 0. The van der Waals surface area contributed by atoms with E-state index in [1.165, 1.54) is 63.9 Å². The Morgan fingerprint density at radius 2 is 1.52 bits per heavy atom. The van der Waals surface area contributed by atoms with Crippen LogP contribution in [0.25, 0.3) is 0 Å². The maximum absolute atomic E-state index is 12.5. The van der Waals surface area contributed by atoms with Crippen molar-refractivity contribution in [2.24, 2.45) is 45.8 Å². The van der Waals surface area contributed by atoms with Gasteiger partial charge in [-0.25, -0.2) is 4.79 Å². The molecule has 8 fully saturated rings. The van der Waals surface area contributed by atoms with Gasteiger partial charge >= 0.3 is 5.97 Å². The maximum Gasteiger partial charge on any atom is 0.330 e. The van der Waals surface area contributed by atoms with Crippen molar-refractivity contribution in [2.45, 2.75) is 90.1 Å². The lowest BCUT2D eigenvalue weighted by Crippen LogP contribution is -2.68. The van der Waals surface area contributed by atoms with E-state index in [0.717, 1.165) is 36.5 Å². The zero-order valence-corrected chi connectivity index (χ0v) is 17.3. The fraction of sp³-hybridized carbons (Fsp3) is 0.880. The molecule has 8 bridgehead atoms. The summed E-state index contributed by atoms with van der Waals surface area (Å²) in [6, 6.07) is 0. The second kappa shape index (κ2) is 5.03. The molecule has 0 radical (unpaired) electrons. The van der Waals surface area contributed by atoms with Crippen molar-refractivity contribution >= 4 is 5.97 Å². The molecule has 0 heterocycles. The van der Waals surface area contributed by atoms with Gasteiger partial charge in [0.25, 0.3) is 0 Å². The van der Waals surface area contributed by atoms with Crippen LogP contribution in [0.5, 0.6) is 0 Å². The SMILES string of the molecule is C=CC(=O)OC12CC3CC(CC(C3)C1C13CC4CC(C)(CC(C)(C4)C1)C3)C2. The molecule has 27 heavy (non-hydrogen) atoms. The highest BCUT2D eigenvalue weighted by molar-refractivity contribution is 5.81. The van der Waals surface area contributed by atoms with Gasteiger partial charge in [-0.2, -0.15) is 0 Å². The number of carbonyl (C=O) groups is 1. The van der Waals surface area contributed by atoms with Crippen LogP contribution in [0.4, 0.5) is 0 Å². The van der Waals surface area contributed by atoms with E-state index in [1.807, 2.05) is 0 Å². The van der Waals surface area contributed by atoms with E-state index >= 15 is 0 Å². The fourth-order valence-corrected chi connectivity index (χ4v) is 11.3. The molecule has 0 aromatic heterocycles. The van der Waals surface area contributed by atoms with Gasteiger partial charge in [-0.1, -0.05) is 20.4 Å². The first-order valence-corrected chi connectivity index (χ1v) is 11.6. The minimum absolute atomic E-state index is 0.163. The summed E-state index contributed by atoms with van der Waals surface area (Å²) in [5.41, 5.74) is 1.33. The van der Waals surface area contributed by atoms with Crippen molar-refractivity contribution in [2.75, 3.05) is 0 Å². The Labute approximate surface area is 164 Å². The quantitative estimate of drug-likeness (QED) is 0.457. The number of ether oxygens (including phenoxy) is 1. The van der Waals surface area contributed by atoms with Crippen molar-refractivity contribution in [1.29, 1.82) is 0 Å². The van der Waals surface area contributed by atoms with Gasteiger partial charge in [0, 0.05) is 12.0 Å². The Hall–Kier alpha value is -0.790. The van der Waals surface area contributed by atoms with Crippen LogP contribution in [0.2, 0.25) is 0 Å². The lowest BCUT2D eigenvalue weighted by Gasteiger charge is -2.73. The normalized spacial score (nSPS) is 59.9. The topological polar surface area (TPSA) is 26.3 Å². The highest BCUT2D eigenvalue weighted by Crippen LogP contribution is 2.76. The minimum atomic E-state index is -0.168. The van der Waals surface area contributed by atoms with E-state index < -0.39 is 0 Å². The summed E-state index contributed by atoms with van der Waals surface area (Å²) < 4.78 is 6.41. The molecule has 0 aromatic carbocycles. The predicted molar refractivity (Wildman–Crippen MR) is 106 cm³/mol. The highest BCUT2D eigenvalue weighted by Gasteiger charge is 2.70. The molecule has 5 atom stereocenters. The molecule has 8 rings (SSSR count). The fourth-order valence-electron chi connectivity index (χ4n) is 11.3. The van der Waals surface area contributed by atoms with Crippen LogP contribution in [-0.2, 0) is 9.53 Å². The molecular formula is C25H36O2. The third kappa shape index (κ3) is 2.28. The van der Waals surface area contributed by atoms with Crippen molar-refractivity contribution in [3.8, 4) is 0 Å². The first-order valence-electron chi connectivity index (χ1n) is 11.6. The Bertz CT molecular complexity index is 675. The van der Waals surface area contributed by atoms with Crippen molar-refractivity contribution in [1.82, 2.24) is 0 Å². The lowest BCUT2D eigenvalue weighted by atomic mass is 9.33. The number of hydrogen-bond donors (Lipinski definition) is 0. The molecule has 2 nitrogen and oxygen atoms in total. The van der Waals surface area contributed by atoms with E-state index in [9.17, 15) is 4.79 Å². The Kier molecular flexibility index (Phi) is 3.18. The van der Waals surface area contributed by atoms with Crippen molar-refractivity contribution in [3.05, 3.63) is 12.7 Å². The second-order valence-electron chi connectivity index (χ2n) is 12.8. The monoisotopic (exact) mass is 368 g/mol. The number of esters is 1. The molecule has 8 saturated carbocycles. The average molecular weight is 369 g/mol. The zero-order chi connectivity index (χ0) is 18.7. The van der Waals surface area contributed by atoms with E-state index in [-0.39, 0.29) is 11.6 Å². The summed E-state index contributed by atoms with van der Waals surface area (Å²) in [5, 5.41) is 0. The highest BCUT2D eigenvalue weighted by atomic mass is 16.6. The van der Waals surface area contributed by atoms with Crippen LogP contribution >= 0.6 is 0 Å². The van der Waals surface area contributed by atoms with E-state index in [0.29, 0.717) is 22.2 Å². The van der Waals surface area contributed by atoms with Crippen molar-refractivity contribution < 1.29 is 9.53 Å². The van der Waals surface area contributed by atoms with Crippen molar-refractivity contribution in [3.63, 3.8) is 0 Å². The molecule has 0 saturated heterocycles. The molecule has 5 unspecified atom stereocenters. The first-order chi connectivity index (χ1) is 12.7. The summed E-state index contributed by atoms with van der Waals surface area (Å²) in [7, 11) is 0. The van der Waals surface area contributed by atoms with Gasteiger partial charge in [0.05, 0.1) is 0 Å². The number of rotatable bonds is 3. The van der Waals surface area contributed by atoms with Gasteiger partial charge in [-0.05, 0) is 111 Å². The molecule has 2 heteroatoms. The van der Waals surface area contributed by atoms with Crippen LogP contribution in [0, 0.1) is 45.8 Å². The van der Waals surface area contributed by atoms with Crippen LogP contribution in [0.15, 0.2) is 12.7 Å².